The predicted octanol–water partition coefficient (Wildman–Crippen LogP) is 2.79. The van der Waals surface area contributed by atoms with Crippen LogP contribution in [0.2, 0.25) is 0 Å². The Morgan fingerprint density at radius 1 is 1.33 bits per heavy atom. The molecule has 4 aromatic rings. The van der Waals surface area contributed by atoms with Crippen molar-refractivity contribution in [1.29, 1.82) is 0 Å². The average molecular weight is 341 g/mol. The molecule has 4 rings (SSSR count). The van der Waals surface area contributed by atoms with Gasteiger partial charge in [0.15, 0.2) is 16.2 Å². The summed E-state index contributed by atoms with van der Waals surface area (Å²) >= 11 is 5.32. The molecule has 8 heteroatoms. The van der Waals surface area contributed by atoms with Gasteiger partial charge in [-0.25, -0.2) is 18.5 Å². The number of nitrogens with one attached hydrogen (secondary N) is 1. The van der Waals surface area contributed by atoms with Crippen LogP contribution in [0.1, 0.15) is 12.7 Å². The zero-order valence-electron chi connectivity index (χ0n) is 12.7. The van der Waals surface area contributed by atoms with Gasteiger partial charge in [-0.2, -0.15) is 5.10 Å². The molecular formula is C16H12FN5OS. The van der Waals surface area contributed by atoms with Crippen molar-refractivity contribution in [2.45, 2.75) is 13.3 Å². The molecule has 1 N–H and O–H groups in total. The summed E-state index contributed by atoms with van der Waals surface area (Å²) < 4.78 is 16.5. The molecule has 6 nitrogen and oxygen atoms in total. The number of aromatic amines is 1. The van der Waals surface area contributed by atoms with Crippen molar-refractivity contribution in [3.8, 4) is 5.69 Å². The van der Waals surface area contributed by atoms with Crippen LogP contribution in [-0.4, -0.2) is 24.1 Å². The molecule has 3 aromatic heterocycles. The van der Waals surface area contributed by atoms with Gasteiger partial charge in [0, 0.05) is 12.6 Å². The lowest BCUT2D eigenvalue weighted by molar-refractivity contribution is 0.629. The van der Waals surface area contributed by atoms with E-state index in [2.05, 4.69) is 15.1 Å². The van der Waals surface area contributed by atoms with E-state index in [9.17, 15) is 9.18 Å². The molecule has 0 aliphatic carbocycles. The highest BCUT2D eigenvalue weighted by molar-refractivity contribution is 7.71. The maximum absolute atomic E-state index is 13.4. The van der Waals surface area contributed by atoms with Gasteiger partial charge in [-0.1, -0.05) is 6.92 Å². The van der Waals surface area contributed by atoms with Crippen molar-refractivity contribution >= 4 is 28.8 Å². The summed E-state index contributed by atoms with van der Waals surface area (Å²) in [6, 6.07) is 7.47. The third kappa shape index (κ3) is 2.15. The Kier molecular flexibility index (Phi) is 3.27. The number of H-pyrrole nitrogens is 1. The van der Waals surface area contributed by atoms with Gasteiger partial charge in [0.2, 0.25) is 0 Å². The largest absolute Gasteiger partial charge is 0.331 e. The molecule has 0 saturated heterocycles. The van der Waals surface area contributed by atoms with E-state index in [0.717, 1.165) is 0 Å². The number of halogens is 1. The summed E-state index contributed by atoms with van der Waals surface area (Å²) in [5.74, 6) is 0.241. The zero-order valence-corrected chi connectivity index (χ0v) is 13.5. The molecule has 120 valence electrons. The van der Waals surface area contributed by atoms with Crippen LogP contribution in [0.5, 0.6) is 0 Å². The molecule has 0 amide bonds. The van der Waals surface area contributed by atoms with Crippen molar-refractivity contribution < 1.29 is 4.39 Å². The molecule has 0 atom stereocenters. The topological polar surface area (TPSA) is 68.0 Å². The van der Waals surface area contributed by atoms with E-state index in [0.29, 0.717) is 34.5 Å². The smallest absolute Gasteiger partial charge is 0.266 e. The summed E-state index contributed by atoms with van der Waals surface area (Å²) in [6.45, 7) is 1.96. The molecule has 0 radical (unpaired) electrons. The van der Waals surface area contributed by atoms with Crippen molar-refractivity contribution in [2.75, 3.05) is 0 Å². The number of aromatic nitrogens is 5. The molecule has 0 bridgehead atoms. The third-order valence-electron chi connectivity index (χ3n) is 3.80. The molecule has 0 aliphatic heterocycles. The van der Waals surface area contributed by atoms with Crippen molar-refractivity contribution in [1.82, 2.24) is 24.1 Å². The van der Waals surface area contributed by atoms with E-state index >= 15 is 0 Å². The Bertz CT molecular complexity index is 1210. The Balaban J connectivity index is 2.11. The van der Waals surface area contributed by atoms with Gasteiger partial charge in [0.05, 0.1) is 16.6 Å². The molecule has 24 heavy (non-hydrogen) atoms. The highest BCUT2D eigenvalue weighted by Gasteiger charge is 2.13. The summed E-state index contributed by atoms with van der Waals surface area (Å²) in [6.07, 6.45) is 2.44. The Hall–Kier alpha value is -2.87. The Morgan fingerprint density at radius 3 is 2.96 bits per heavy atom. The molecule has 0 spiro atoms. The first-order valence-corrected chi connectivity index (χ1v) is 7.78. The highest BCUT2D eigenvalue weighted by atomic mass is 32.1. The van der Waals surface area contributed by atoms with Crippen LogP contribution in [0, 0.1) is 10.6 Å². The van der Waals surface area contributed by atoms with Crippen LogP contribution in [0.15, 0.2) is 41.3 Å². The Labute approximate surface area is 140 Å². The van der Waals surface area contributed by atoms with Gasteiger partial charge >= 0.3 is 0 Å². The van der Waals surface area contributed by atoms with Crippen LogP contribution >= 0.6 is 12.2 Å². The fourth-order valence-electron chi connectivity index (χ4n) is 2.67. The van der Waals surface area contributed by atoms with Crippen LogP contribution in [0.3, 0.4) is 0 Å². The normalized spacial score (nSPS) is 11.4. The van der Waals surface area contributed by atoms with Gasteiger partial charge in [-0.3, -0.25) is 4.79 Å². The summed E-state index contributed by atoms with van der Waals surface area (Å²) in [4.78, 5) is 20.2. The second-order valence-corrected chi connectivity index (χ2v) is 5.69. The van der Waals surface area contributed by atoms with E-state index in [1.807, 2.05) is 6.92 Å². The number of hydrogen-bond donors (Lipinski definition) is 1. The number of aryl methyl sites for hydroxylation is 1. The maximum Gasteiger partial charge on any atom is 0.266 e. The molecule has 0 fully saturated rings. The van der Waals surface area contributed by atoms with Crippen molar-refractivity contribution in [3.05, 3.63) is 63.3 Å². The standard InChI is InChI=1S/C16H12FN5OS/c1-2-13-19-14-12(4-3-7-21(14)20-13)22-15(23)10-6-5-9(17)8-11(10)18-16(22)24/h3-8H,2H2,1H3,(H,18,24). The number of hydrogen-bond acceptors (Lipinski definition) is 4. The Morgan fingerprint density at radius 2 is 2.17 bits per heavy atom. The van der Waals surface area contributed by atoms with E-state index < -0.39 is 5.82 Å². The molecule has 0 saturated carbocycles. The number of benzene rings is 1. The summed E-state index contributed by atoms with van der Waals surface area (Å²) in [5, 5.41) is 4.70. The number of pyridine rings is 1. The first kappa shape index (κ1) is 14.7. The minimum absolute atomic E-state index is 0.173. The monoisotopic (exact) mass is 341 g/mol. The van der Waals surface area contributed by atoms with Gasteiger partial charge in [-0.05, 0) is 42.5 Å². The van der Waals surface area contributed by atoms with E-state index in [4.69, 9.17) is 12.2 Å². The van der Waals surface area contributed by atoms with Crippen LogP contribution in [0.25, 0.3) is 22.2 Å². The quantitative estimate of drug-likeness (QED) is 0.569. The SMILES string of the molecule is CCc1nc2c(-n3c(=S)[nH]c4cc(F)ccc4c3=O)cccn2n1. The van der Waals surface area contributed by atoms with Gasteiger partial charge in [0.1, 0.15) is 5.82 Å². The number of nitrogens with zero attached hydrogens (tertiary/aromatic N) is 4. The average Bonchev–Trinajstić information content (AvgIpc) is 2.98. The first-order valence-electron chi connectivity index (χ1n) is 7.37. The molecule has 1 aromatic carbocycles. The van der Waals surface area contributed by atoms with Crippen LogP contribution in [-0.2, 0) is 6.42 Å². The van der Waals surface area contributed by atoms with E-state index in [1.165, 1.54) is 22.8 Å². The van der Waals surface area contributed by atoms with Crippen molar-refractivity contribution in [3.63, 3.8) is 0 Å². The molecule has 0 aliphatic rings. The minimum atomic E-state index is -0.433. The lowest BCUT2D eigenvalue weighted by Gasteiger charge is -2.08. The van der Waals surface area contributed by atoms with Crippen molar-refractivity contribution in [2.24, 2.45) is 0 Å². The number of rotatable bonds is 2. The first-order chi connectivity index (χ1) is 11.6. The third-order valence-corrected chi connectivity index (χ3v) is 4.09. The fourth-order valence-corrected chi connectivity index (χ4v) is 2.96. The van der Waals surface area contributed by atoms with Crippen LogP contribution < -0.4 is 5.56 Å². The summed E-state index contributed by atoms with van der Waals surface area (Å²) in [5.41, 5.74) is 1.10. The fraction of sp³-hybridized carbons (Fsp3) is 0.125. The second-order valence-electron chi connectivity index (χ2n) is 5.30. The van der Waals surface area contributed by atoms with Gasteiger partial charge in [0.25, 0.3) is 5.56 Å². The molecule has 0 unspecified atom stereocenters. The van der Waals surface area contributed by atoms with E-state index in [-0.39, 0.29) is 10.3 Å². The zero-order chi connectivity index (χ0) is 16.8. The van der Waals surface area contributed by atoms with E-state index in [1.54, 1.807) is 22.8 Å². The highest BCUT2D eigenvalue weighted by Crippen LogP contribution is 2.16. The van der Waals surface area contributed by atoms with Gasteiger partial charge < -0.3 is 4.98 Å². The van der Waals surface area contributed by atoms with Gasteiger partial charge in [-0.15, -0.1) is 0 Å². The predicted molar refractivity (Wildman–Crippen MR) is 90.6 cm³/mol. The summed E-state index contributed by atoms with van der Waals surface area (Å²) in [7, 11) is 0. The lowest BCUT2D eigenvalue weighted by atomic mass is 10.2. The molecular weight excluding hydrogens is 329 g/mol. The lowest BCUT2D eigenvalue weighted by Crippen LogP contribution is -2.21. The maximum atomic E-state index is 13.4. The van der Waals surface area contributed by atoms with Crippen LogP contribution in [0.4, 0.5) is 4.39 Å². The number of fused-ring (bicyclic) bond motifs is 2. The minimum Gasteiger partial charge on any atom is -0.331 e. The molecule has 3 heterocycles. The second kappa shape index (κ2) is 5.34.